The Bertz CT molecular complexity index is 651. The number of nitrogens with two attached hydrogens (primary N) is 1. The highest BCUT2D eigenvalue weighted by atomic mass is 32.2. The van der Waals surface area contributed by atoms with E-state index in [0.29, 0.717) is 5.69 Å². The maximum atomic E-state index is 12.1. The van der Waals surface area contributed by atoms with Gasteiger partial charge in [0.25, 0.3) is 0 Å². The number of nitrogens with one attached hydrogen (secondary N) is 3. The fraction of sp³-hybridized carbons (Fsp3) is 0.286. The van der Waals surface area contributed by atoms with E-state index < -0.39 is 5.25 Å². The number of carbonyl (C=O) groups excluding carboxylic acids is 2. The van der Waals surface area contributed by atoms with Gasteiger partial charge in [0.15, 0.2) is 5.17 Å². The lowest BCUT2D eigenvalue weighted by atomic mass is 10.1. The number of carbonyl (C=O) groups is 2. The number of benzene rings is 1. The SMILES string of the molecule is Cc1cc(C)cc(NC(=O)CC2SC(=NC(=N)N)NC2=O)c1. The highest BCUT2D eigenvalue weighted by molar-refractivity contribution is 8.15. The molecule has 7 nitrogen and oxygen atoms in total. The molecular weight excluding hydrogens is 302 g/mol. The zero-order valence-corrected chi connectivity index (χ0v) is 13.1. The van der Waals surface area contributed by atoms with Gasteiger partial charge in [-0.05, 0) is 37.1 Å². The second-order valence-corrected chi connectivity index (χ2v) is 6.22. The Morgan fingerprint density at radius 3 is 2.64 bits per heavy atom. The van der Waals surface area contributed by atoms with Crippen LogP contribution < -0.4 is 16.4 Å². The summed E-state index contributed by atoms with van der Waals surface area (Å²) >= 11 is 1.10. The monoisotopic (exact) mass is 319 g/mol. The molecule has 0 spiro atoms. The van der Waals surface area contributed by atoms with Gasteiger partial charge in [-0.2, -0.15) is 4.99 Å². The lowest BCUT2D eigenvalue weighted by molar-refractivity contribution is -0.122. The van der Waals surface area contributed by atoms with Crippen molar-refractivity contribution in [1.82, 2.24) is 5.32 Å². The molecule has 1 aromatic carbocycles. The Kier molecular flexibility index (Phi) is 4.81. The van der Waals surface area contributed by atoms with Crippen molar-refractivity contribution >= 4 is 40.4 Å². The summed E-state index contributed by atoms with van der Waals surface area (Å²) in [5.74, 6) is -0.939. The van der Waals surface area contributed by atoms with E-state index in [1.54, 1.807) is 0 Å². The number of hydrogen-bond donors (Lipinski definition) is 4. The molecule has 1 heterocycles. The fourth-order valence-corrected chi connectivity index (χ4v) is 3.11. The summed E-state index contributed by atoms with van der Waals surface area (Å²) < 4.78 is 0. The first-order valence-corrected chi connectivity index (χ1v) is 7.50. The smallest absolute Gasteiger partial charge is 0.240 e. The highest BCUT2D eigenvalue weighted by Gasteiger charge is 2.32. The largest absolute Gasteiger partial charge is 0.368 e. The minimum absolute atomic E-state index is 0.0282. The van der Waals surface area contributed by atoms with Gasteiger partial charge in [0, 0.05) is 12.1 Å². The first-order valence-electron chi connectivity index (χ1n) is 6.62. The summed E-state index contributed by atoms with van der Waals surface area (Å²) in [5.41, 5.74) is 7.97. The van der Waals surface area contributed by atoms with E-state index in [2.05, 4.69) is 15.6 Å². The highest BCUT2D eigenvalue weighted by Crippen LogP contribution is 2.23. The second kappa shape index (κ2) is 6.61. The Hall–Kier alpha value is -2.35. The van der Waals surface area contributed by atoms with Gasteiger partial charge in [-0.3, -0.25) is 15.0 Å². The summed E-state index contributed by atoms with van der Waals surface area (Å²) in [6.45, 7) is 3.90. The van der Waals surface area contributed by atoms with Crippen LogP contribution in [0.2, 0.25) is 0 Å². The minimum Gasteiger partial charge on any atom is -0.368 e. The van der Waals surface area contributed by atoms with Crippen LogP contribution in [0.4, 0.5) is 5.69 Å². The number of aryl methyl sites for hydroxylation is 2. The van der Waals surface area contributed by atoms with Crippen molar-refractivity contribution in [2.75, 3.05) is 5.32 Å². The van der Waals surface area contributed by atoms with E-state index in [1.165, 1.54) is 0 Å². The van der Waals surface area contributed by atoms with Crippen LogP contribution in [0.1, 0.15) is 17.5 Å². The summed E-state index contributed by atoms with van der Waals surface area (Å²) in [7, 11) is 0. The quantitative estimate of drug-likeness (QED) is 0.492. The van der Waals surface area contributed by atoms with Crippen molar-refractivity contribution in [2.24, 2.45) is 10.7 Å². The van der Waals surface area contributed by atoms with Crippen LogP contribution in [0.25, 0.3) is 0 Å². The van der Waals surface area contributed by atoms with Gasteiger partial charge in [-0.15, -0.1) is 0 Å². The molecule has 0 radical (unpaired) electrons. The topological polar surface area (TPSA) is 120 Å². The molecular formula is C14H17N5O2S. The number of nitrogens with zero attached hydrogens (tertiary/aromatic N) is 1. The molecule has 1 atom stereocenters. The Morgan fingerprint density at radius 2 is 2.05 bits per heavy atom. The molecule has 22 heavy (non-hydrogen) atoms. The van der Waals surface area contributed by atoms with Crippen LogP contribution >= 0.6 is 11.8 Å². The molecule has 0 aromatic heterocycles. The van der Waals surface area contributed by atoms with E-state index in [-0.39, 0.29) is 29.4 Å². The third-order valence-electron chi connectivity index (χ3n) is 2.87. The van der Waals surface area contributed by atoms with Crippen LogP contribution in [0.5, 0.6) is 0 Å². The number of guanidine groups is 1. The maximum absolute atomic E-state index is 12.1. The predicted molar refractivity (Wildman–Crippen MR) is 88.0 cm³/mol. The number of anilines is 1. The lowest BCUT2D eigenvalue weighted by Crippen LogP contribution is -2.28. The van der Waals surface area contributed by atoms with Crippen molar-refractivity contribution in [1.29, 1.82) is 5.41 Å². The fourth-order valence-electron chi connectivity index (χ4n) is 2.13. The number of hydrogen-bond acceptors (Lipinski definition) is 4. The van der Waals surface area contributed by atoms with Gasteiger partial charge < -0.3 is 16.4 Å². The average molecular weight is 319 g/mol. The molecule has 5 N–H and O–H groups in total. The third-order valence-corrected chi connectivity index (χ3v) is 3.96. The van der Waals surface area contributed by atoms with Crippen LogP contribution in [-0.4, -0.2) is 28.2 Å². The first kappa shape index (κ1) is 16.0. The summed E-state index contributed by atoms with van der Waals surface area (Å²) in [5, 5.41) is 12.0. The standard InChI is InChI=1S/C14H17N5O2S/c1-7-3-8(2)5-9(4-7)17-11(20)6-10-12(21)18-14(22-10)19-13(15)16/h3-5,10H,6H2,1-2H3,(H,17,20)(H4,15,16,18,19,21). The molecule has 1 aliphatic rings. The third kappa shape index (κ3) is 4.32. The number of thioether (sulfide) groups is 1. The van der Waals surface area contributed by atoms with Crippen molar-refractivity contribution in [3.8, 4) is 0 Å². The number of aliphatic imine (C=N–C) groups is 1. The van der Waals surface area contributed by atoms with Crippen LogP contribution in [-0.2, 0) is 9.59 Å². The molecule has 0 aliphatic carbocycles. The summed E-state index contributed by atoms with van der Waals surface area (Å²) in [6, 6.07) is 5.76. The lowest BCUT2D eigenvalue weighted by Gasteiger charge is -2.09. The molecule has 116 valence electrons. The molecule has 1 saturated heterocycles. The second-order valence-electron chi connectivity index (χ2n) is 5.03. The average Bonchev–Trinajstić information content (AvgIpc) is 2.66. The van der Waals surface area contributed by atoms with Gasteiger partial charge in [0.05, 0.1) is 0 Å². The predicted octanol–water partition coefficient (Wildman–Crippen LogP) is 1.11. The molecule has 1 aliphatic heterocycles. The molecule has 0 bridgehead atoms. The van der Waals surface area contributed by atoms with Gasteiger partial charge in [-0.1, -0.05) is 17.8 Å². The van der Waals surface area contributed by atoms with Crippen LogP contribution in [0, 0.1) is 19.3 Å². The molecule has 2 rings (SSSR count). The number of amides is 2. The molecule has 1 aromatic rings. The normalized spacial score (nSPS) is 19.1. The van der Waals surface area contributed by atoms with Crippen molar-refractivity contribution in [3.05, 3.63) is 29.3 Å². The molecule has 0 saturated carbocycles. The van der Waals surface area contributed by atoms with Crippen LogP contribution in [0.15, 0.2) is 23.2 Å². The first-order chi connectivity index (χ1) is 10.3. The van der Waals surface area contributed by atoms with E-state index in [1.807, 2.05) is 32.0 Å². The molecule has 1 unspecified atom stereocenters. The Morgan fingerprint density at radius 1 is 1.41 bits per heavy atom. The Labute approximate surface area is 132 Å². The number of rotatable bonds is 3. The molecule has 1 fully saturated rings. The van der Waals surface area contributed by atoms with Gasteiger partial charge in [0.2, 0.25) is 17.8 Å². The summed E-state index contributed by atoms with van der Waals surface area (Å²) in [4.78, 5) is 27.5. The minimum atomic E-state index is -0.566. The Balaban J connectivity index is 1.97. The number of amidine groups is 1. The van der Waals surface area contributed by atoms with Gasteiger partial charge in [-0.25, -0.2) is 0 Å². The van der Waals surface area contributed by atoms with Gasteiger partial charge >= 0.3 is 0 Å². The van der Waals surface area contributed by atoms with Crippen molar-refractivity contribution < 1.29 is 9.59 Å². The van der Waals surface area contributed by atoms with E-state index in [9.17, 15) is 9.59 Å². The maximum Gasteiger partial charge on any atom is 0.240 e. The van der Waals surface area contributed by atoms with Crippen molar-refractivity contribution in [2.45, 2.75) is 25.5 Å². The molecule has 8 heteroatoms. The summed E-state index contributed by atoms with van der Waals surface area (Å²) in [6.07, 6.45) is 0.0282. The molecule has 2 amide bonds. The van der Waals surface area contributed by atoms with E-state index >= 15 is 0 Å². The van der Waals surface area contributed by atoms with Crippen molar-refractivity contribution in [3.63, 3.8) is 0 Å². The van der Waals surface area contributed by atoms with E-state index in [4.69, 9.17) is 11.1 Å². The zero-order chi connectivity index (χ0) is 16.3. The van der Waals surface area contributed by atoms with E-state index in [0.717, 1.165) is 22.9 Å². The van der Waals surface area contributed by atoms with Gasteiger partial charge in [0.1, 0.15) is 5.25 Å². The van der Waals surface area contributed by atoms with Crippen LogP contribution in [0.3, 0.4) is 0 Å². The zero-order valence-electron chi connectivity index (χ0n) is 12.3.